The summed E-state index contributed by atoms with van der Waals surface area (Å²) < 4.78 is 0. The van der Waals surface area contributed by atoms with E-state index >= 15 is 0 Å². The number of aliphatic imine (C=N–C) groups is 1. The quantitative estimate of drug-likeness (QED) is 0.358. The van der Waals surface area contributed by atoms with Crippen molar-refractivity contribution in [2.75, 3.05) is 7.05 Å². The van der Waals surface area contributed by atoms with Crippen molar-refractivity contribution in [2.45, 2.75) is 0 Å². The second-order valence-electron chi connectivity index (χ2n) is 1.18. The zero-order valence-electron chi connectivity index (χ0n) is 4.70. The molecule has 0 aromatic rings. The van der Waals surface area contributed by atoms with E-state index in [2.05, 4.69) is 4.99 Å². The first-order valence-corrected chi connectivity index (χ1v) is 2.16. The molecule has 8 heavy (non-hydrogen) atoms. The third-order valence-electron chi connectivity index (χ3n) is 0.620. The third-order valence-corrected chi connectivity index (χ3v) is 0.620. The summed E-state index contributed by atoms with van der Waals surface area (Å²) in [6.07, 6.45) is 2.73. The van der Waals surface area contributed by atoms with Crippen LogP contribution in [0.2, 0.25) is 0 Å². The fraction of sp³-hybridized carbons (Fsp3) is 0.250. The number of hydrogen-bond donors (Lipinski definition) is 2. The number of allylic oxidation sites excluding steroid dienone is 1. The van der Waals surface area contributed by atoms with Gasteiger partial charge in [0.2, 0.25) is 0 Å². The molecule has 0 amide bonds. The van der Waals surface area contributed by atoms with Crippen LogP contribution in [0.25, 0.3) is 0 Å². The van der Waals surface area contributed by atoms with E-state index in [1.807, 2.05) is 0 Å². The van der Waals surface area contributed by atoms with Crippen LogP contribution >= 0.6 is 0 Å². The van der Waals surface area contributed by atoms with Gasteiger partial charge in [-0.25, -0.2) is 0 Å². The maximum atomic E-state index is 8.29. The highest BCUT2D eigenvalue weighted by Gasteiger charge is 1.88. The van der Waals surface area contributed by atoms with Crippen LogP contribution in [0, 0.1) is 0 Å². The summed E-state index contributed by atoms with van der Waals surface area (Å²) in [5.41, 5.74) is 5.53. The van der Waals surface area contributed by atoms with E-state index in [4.69, 9.17) is 10.8 Å². The Morgan fingerprint density at radius 2 is 2.50 bits per heavy atom. The average Bonchev–Trinajstić information content (AvgIpc) is 1.83. The van der Waals surface area contributed by atoms with Crippen molar-refractivity contribution in [3.63, 3.8) is 0 Å². The minimum Gasteiger partial charge on any atom is -0.450 e. The van der Waals surface area contributed by atoms with Gasteiger partial charge in [-0.1, -0.05) is 0 Å². The lowest BCUT2D eigenvalue weighted by Gasteiger charge is -1.85. The Bertz CT molecular complexity index is 108. The fourth-order valence-electron chi connectivity index (χ4n) is 0.268. The molecule has 0 aliphatic rings. The molecule has 1 radical (unpaired) electrons. The van der Waals surface area contributed by atoms with E-state index in [0.717, 1.165) is 7.48 Å². The van der Waals surface area contributed by atoms with Gasteiger partial charge in [0.1, 0.15) is 0 Å². The van der Waals surface area contributed by atoms with Crippen molar-refractivity contribution < 1.29 is 5.02 Å². The normalized spacial score (nSPS) is 12.5. The van der Waals surface area contributed by atoms with Crippen molar-refractivity contribution in [1.82, 2.24) is 0 Å². The molecule has 0 rings (SSSR count). The molecule has 0 aliphatic heterocycles. The molecule has 4 heteroatoms. The SMILES string of the molecule is CN=CC([B]O)=CN. The van der Waals surface area contributed by atoms with E-state index < -0.39 is 0 Å². The predicted molar refractivity (Wildman–Crippen MR) is 34.7 cm³/mol. The number of nitrogens with two attached hydrogens (primary N) is 1. The summed E-state index contributed by atoms with van der Waals surface area (Å²) >= 11 is 0. The van der Waals surface area contributed by atoms with Crippen molar-refractivity contribution in [2.24, 2.45) is 10.7 Å². The molecule has 3 N–H and O–H groups in total. The molecule has 0 saturated carbocycles. The highest BCUT2D eigenvalue weighted by atomic mass is 16.2. The highest BCUT2D eigenvalue weighted by Crippen LogP contribution is 1.78. The Morgan fingerprint density at radius 3 is 2.62 bits per heavy atom. The topological polar surface area (TPSA) is 58.6 Å². The third kappa shape index (κ3) is 2.42. The lowest BCUT2D eigenvalue weighted by atomic mass is 9.90. The zero-order chi connectivity index (χ0) is 6.41. The van der Waals surface area contributed by atoms with Crippen LogP contribution in [0.3, 0.4) is 0 Å². The number of nitrogens with zero attached hydrogens (tertiary/aromatic N) is 1. The van der Waals surface area contributed by atoms with Gasteiger partial charge in [0.15, 0.2) is 0 Å². The monoisotopic (exact) mass is 111 g/mol. The van der Waals surface area contributed by atoms with Crippen molar-refractivity contribution in [1.29, 1.82) is 0 Å². The van der Waals surface area contributed by atoms with Gasteiger partial charge in [0.25, 0.3) is 0 Å². The molecule has 0 saturated heterocycles. The van der Waals surface area contributed by atoms with Crippen molar-refractivity contribution >= 4 is 13.7 Å². The maximum Gasteiger partial charge on any atom is 0.329 e. The van der Waals surface area contributed by atoms with Crippen LogP contribution in [0.5, 0.6) is 0 Å². The second kappa shape index (κ2) is 4.40. The summed E-state index contributed by atoms with van der Waals surface area (Å²) in [6.45, 7) is 0. The zero-order valence-corrected chi connectivity index (χ0v) is 4.70. The largest absolute Gasteiger partial charge is 0.450 e. The summed E-state index contributed by atoms with van der Waals surface area (Å²) in [6, 6.07) is 0. The van der Waals surface area contributed by atoms with Gasteiger partial charge in [0, 0.05) is 13.3 Å². The molecule has 0 unspecified atom stereocenters. The summed E-state index contributed by atoms with van der Waals surface area (Å²) in [4.78, 5) is 3.61. The number of hydrogen-bond acceptors (Lipinski definition) is 3. The van der Waals surface area contributed by atoms with Crippen LogP contribution in [0.15, 0.2) is 16.7 Å². The van der Waals surface area contributed by atoms with Crippen LogP contribution in [-0.4, -0.2) is 25.8 Å². The summed E-state index contributed by atoms with van der Waals surface area (Å²) in [7, 11) is 2.50. The molecular formula is C4H8BN2O. The molecular weight excluding hydrogens is 103 g/mol. The van der Waals surface area contributed by atoms with Gasteiger partial charge in [0.05, 0.1) is 0 Å². The first-order chi connectivity index (χ1) is 3.85. The van der Waals surface area contributed by atoms with E-state index in [0.29, 0.717) is 5.47 Å². The molecule has 0 heterocycles. The smallest absolute Gasteiger partial charge is 0.329 e. The van der Waals surface area contributed by atoms with Gasteiger partial charge in [-0.2, -0.15) is 0 Å². The molecule has 0 aromatic carbocycles. The number of rotatable bonds is 2. The predicted octanol–water partition coefficient (Wildman–Crippen LogP) is -0.901. The Morgan fingerprint density at radius 1 is 1.88 bits per heavy atom. The van der Waals surface area contributed by atoms with Gasteiger partial charge in [-0.05, 0) is 11.7 Å². The van der Waals surface area contributed by atoms with E-state index in [-0.39, 0.29) is 0 Å². The van der Waals surface area contributed by atoms with Gasteiger partial charge < -0.3 is 10.8 Å². The van der Waals surface area contributed by atoms with Crippen molar-refractivity contribution in [3.8, 4) is 0 Å². The molecule has 0 aliphatic carbocycles. The van der Waals surface area contributed by atoms with Crippen LogP contribution in [-0.2, 0) is 0 Å². The molecule has 0 fully saturated rings. The average molecular weight is 111 g/mol. The lowest BCUT2D eigenvalue weighted by molar-refractivity contribution is 0.613. The minimum atomic E-state index is 0.507. The Hall–Kier alpha value is -0.765. The standard InChI is InChI=1S/C4H8BN2O/c1-7-3-4(2-6)5-8/h2-3,8H,6H2,1H3. The Kier molecular flexibility index (Phi) is 3.97. The molecule has 0 bridgehead atoms. The molecule has 43 valence electrons. The Balaban J connectivity index is 3.72. The second-order valence-corrected chi connectivity index (χ2v) is 1.18. The molecule has 0 aromatic heterocycles. The maximum absolute atomic E-state index is 8.29. The van der Waals surface area contributed by atoms with Crippen molar-refractivity contribution in [3.05, 3.63) is 11.7 Å². The fourth-order valence-corrected chi connectivity index (χ4v) is 0.268. The molecule has 3 nitrogen and oxygen atoms in total. The molecule has 0 spiro atoms. The van der Waals surface area contributed by atoms with E-state index in [9.17, 15) is 0 Å². The lowest BCUT2D eigenvalue weighted by Crippen LogP contribution is -1.99. The van der Waals surface area contributed by atoms with Gasteiger partial charge >= 0.3 is 7.48 Å². The van der Waals surface area contributed by atoms with Crippen LogP contribution < -0.4 is 5.73 Å². The minimum absolute atomic E-state index is 0.507. The van der Waals surface area contributed by atoms with Gasteiger partial charge in [-0.3, -0.25) is 4.99 Å². The van der Waals surface area contributed by atoms with E-state index in [1.165, 1.54) is 12.4 Å². The summed E-state index contributed by atoms with van der Waals surface area (Å²) in [5, 5.41) is 8.29. The van der Waals surface area contributed by atoms with Gasteiger partial charge in [-0.15, -0.1) is 0 Å². The highest BCUT2D eigenvalue weighted by molar-refractivity contribution is 6.44. The summed E-state index contributed by atoms with van der Waals surface area (Å²) in [5.74, 6) is 0. The van der Waals surface area contributed by atoms with E-state index in [1.54, 1.807) is 7.05 Å². The first kappa shape index (κ1) is 7.23. The van der Waals surface area contributed by atoms with Crippen LogP contribution in [0.1, 0.15) is 0 Å². The Labute approximate surface area is 49.2 Å². The molecule has 0 atom stereocenters. The first-order valence-electron chi connectivity index (χ1n) is 2.16. The van der Waals surface area contributed by atoms with Crippen LogP contribution in [0.4, 0.5) is 0 Å².